The molecule has 0 aliphatic rings. The molecule has 140 valence electrons. The first-order valence-electron chi connectivity index (χ1n) is 8.28. The molecule has 5 nitrogen and oxygen atoms in total. The normalized spacial score (nSPS) is 10.8. The zero-order valence-corrected chi connectivity index (χ0v) is 16.9. The Morgan fingerprint density at radius 3 is 2.50 bits per heavy atom. The summed E-state index contributed by atoms with van der Waals surface area (Å²) in [6.07, 6.45) is 1.65. The second-order valence-corrected chi connectivity index (χ2v) is 7.33. The number of halogens is 2. The highest BCUT2D eigenvalue weighted by Gasteiger charge is 2.16. The molecule has 0 unspecified atom stereocenters. The average Bonchev–Trinajstić information content (AvgIpc) is 3.05. The lowest BCUT2D eigenvalue weighted by molar-refractivity contribution is -0.148. The van der Waals surface area contributed by atoms with Crippen LogP contribution in [0.25, 0.3) is 10.6 Å². The summed E-state index contributed by atoms with van der Waals surface area (Å²) in [7, 11) is 0. The topological polar surface area (TPSA) is 68.3 Å². The van der Waals surface area contributed by atoms with Crippen LogP contribution in [0.2, 0.25) is 10.0 Å². The molecule has 2 rings (SSSR count). The van der Waals surface area contributed by atoms with Crippen LogP contribution in [0.4, 0.5) is 0 Å². The zero-order chi connectivity index (χ0) is 19.1. The number of carbonyl (C=O) groups excluding carboxylic acids is 2. The van der Waals surface area contributed by atoms with Crippen molar-refractivity contribution in [3.8, 4) is 10.6 Å². The van der Waals surface area contributed by atoms with E-state index in [2.05, 4.69) is 10.3 Å². The van der Waals surface area contributed by atoms with E-state index in [4.69, 9.17) is 27.9 Å². The second kappa shape index (κ2) is 9.90. The van der Waals surface area contributed by atoms with Crippen molar-refractivity contribution in [2.75, 3.05) is 6.61 Å². The van der Waals surface area contributed by atoms with Crippen molar-refractivity contribution in [3.63, 3.8) is 0 Å². The van der Waals surface area contributed by atoms with E-state index in [1.807, 2.05) is 13.8 Å². The van der Waals surface area contributed by atoms with Crippen molar-refractivity contribution in [1.29, 1.82) is 0 Å². The molecule has 26 heavy (non-hydrogen) atoms. The fourth-order valence-electron chi connectivity index (χ4n) is 2.31. The van der Waals surface area contributed by atoms with Crippen LogP contribution in [0.15, 0.2) is 23.6 Å². The van der Waals surface area contributed by atoms with Crippen LogP contribution in [-0.4, -0.2) is 29.5 Å². The molecule has 0 saturated heterocycles. The van der Waals surface area contributed by atoms with Crippen molar-refractivity contribution in [2.45, 2.75) is 39.2 Å². The largest absolute Gasteiger partial charge is 0.455 e. The van der Waals surface area contributed by atoms with Crippen LogP contribution in [0, 0.1) is 0 Å². The number of carbonyl (C=O) groups is 2. The minimum absolute atomic E-state index is 0.0170. The van der Waals surface area contributed by atoms with Gasteiger partial charge in [-0.2, -0.15) is 0 Å². The molecule has 2 aromatic rings. The monoisotopic (exact) mass is 414 g/mol. The number of esters is 1. The number of hydrogen-bond donors (Lipinski definition) is 1. The molecule has 8 heteroatoms. The summed E-state index contributed by atoms with van der Waals surface area (Å²) in [6.45, 7) is 3.69. The van der Waals surface area contributed by atoms with E-state index in [1.54, 1.807) is 23.6 Å². The van der Waals surface area contributed by atoms with Gasteiger partial charge in [-0.1, -0.05) is 43.1 Å². The Morgan fingerprint density at radius 2 is 1.88 bits per heavy atom. The van der Waals surface area contributed by atoms with Crippen LogP contribution in [0.1, 0.15) is 32.4 Å². The quantitative estimate of drug-likeness (QED) is 0.645. The van der Waals surface area contributed by atoms with E-state index in [1.165, 1.54) is 11.3 Å². The number of benzene rings is 1. The van der Waals surface area contributed by atoms with Crippen LogP contribution < -0.4 is 5.32 Å². The van der Waals surface area contributed by atoms with Gasteiger partial charge >= 0.3 is 5.97 Å². The molecule has 1 amide bonds. The maximum absolute atomic E-state index is 11.9. The minimum Gasteiger partial charge on any atom is -0.455 e. The van der Waals surface area contributed by atoms with Crippen molar-refractivity contribution in [3.05, 3.63) is 39.3 Å². The molecule has 0 atom stereocenters. The molecule has 0 spiro atoms. The summed E-state index contributed by atoms with van der Waals surface area (Å²) >= 11 is 13.7. The lowest BCUT2D eigenvalue weighted by Crippen LogP contribution is -2.37. The van der Waals surface area contributed by atoms with Crippen LogP contribution in [0.3, 0.4) is 0 Å². The highest BCUT2D eigenvalue weighted by Crippen LogP contribution is 2.36. The number of rotatable bonds is 8. The van der Waals surface area contributed by atoms with Gasteiger partial charge in [0.25, 0.3) is 5.91 Å². The molecule has 0 radical (unpaired) electrons. The predicted octanol–water partition coefficient (Wildman–Crippen LogP) is 4.51. The number of nitrogens with zero attached hydrogens (tertiary/aromatic N) is 1. The number of amides is 1. The van der Waals surface area contributed by atoms with Gasteiger partial charge in [-0.3, -0.25) is 9.59 Å². The van der Waals surface area contributed by atoms with Crippen molar-refractivity contribution in [2.24, 2.45) is 0 Å². The third-order valence-electron chi connectivity index (χ3n) is 3.77. The highest BCUT2D eigenvalue weighted by molar-refractivity contribution is 7.13. The third-order valence-corrected chi connectivity index (χ3v) is 5.31. The number of ether oxygens (including phenoxy) is 1. The molecule has 0 bridgehead atoms. The molecular weight excluding hydrogens is 395 g/mol. The molecule has 1 N–H and O–H groups in total. The molecule has 0 aliphatic heterocycles. The van der Waals surface area contributed by atoms with Crippen molar-refractivity contribution < 1.29 is 14.3 Å². The molecule has 0 saturated carbocycles. The van der Waals surface area contributed by atoms with Gasteiger partial charge < -0.3 is 10.1 Å². The van der Waals surface area contributed by atoms with Gasteiger partial charge in [-0.25, -0.2) is 4.98 Å². The summed E-state index contributed by atoms with van der Waals surface area (Å²) < 4.78 is 5.02. The molecule has 1 heterocycles. The van der Waals surface area contributed by atoms with E-state index in [-0.39, 0.29) is 25.0 Å². The van der Waals surface area contributed by atoms with Crippen molar-refractivity contribution in [1.82, 2.24) is 10.3 Å². The number of nitrogens with one attached hydrogen (secondary N) is 1. The Labute approximate surface area is 166 Å². The van der Waals surface area contributed by atoms with Gasteiger partial charge in [-0.15, -0.1) is 11.3 Å². The fraction of sp³-hybridized carbons (Fsp3) is 0.389. The Hall–Kier alpha value is -1.63. The molecule has 1 aromatic heterocycles. The third kappa shape index (κ3) is 5.69. The number of hydrogen-bond acceptors (Lipinski definition) is 5. The van der Waals surface area contributed by atoms with Gasteiger partial charge in [0.2, 0.25) is 0 Å². The highest BCUT2D eigenvalue weighted by atomic mass is 35.5. The first kappa shape index (κ1) is 20.7. The summed E-state index contributed by atoms with van der Waals surface area (Å²) in [4.78, 5) is 28.1. The van der Waals surface area contributed by atoms with Crippen LogP contribution >= 0.6 is 34.5 Å². The second-order valence-electron chi connectivity index (χ2n) is 5.66. The summed E-state index contributed by atoms with van der Waals surface area (Å²) in [5, 5.41) is 6.20. The standard InChI is InChI=1S/C18H20Cl2N2O3S/c1-3-11(4-2)21-15(23)9-25-16(24)8-12-10-26-18(22-12)17-13(19)6-5-7-14(17)20/h5-7,10-11H,3-4,8-9H2,1-2H3,(H,21,23). The Bertz CT molecular complexity index is 755. The van der Waals surface area contributed by atoms with E-state index in [0.29, 0.717) is 26.3 Å². The van der Waals surface area contributed by atoms with E-state index in [0.717, 1.165) is 12.8 Å². The van der Waals surface area contributed by atoms with E-state index < -0.39 is 5.97 Å². The van der Waals surface area contributed by atoms with E-state index in [9.17, 15) is 9.59 Å². The Balaban J connectivity index is 1.91. The Kier molecular flexibility index (Phi) is 7.87. The molecular formula is C18H20Cl2N2O3S. The van der Waals surface area contributed by atoms with Crippen LogP contribution in [0.5, 0.6) is 0 Å². The number of aromatic nitrogens is 1. The molecule has 0 aliphatic carbocycles. The zero-order valence-electron chi connectivity index (χ0n) is 14.6. The Morgan fingerprint density at radius 1 is 1.23 bits per heavy atom. The van der Waals surface area contributed by atoms with Crippen LogP contribution in [-0.2, 0) is 20.7 Å². The maximum atomic E-state index is 11.9. The van der Waals surface area contributed by atoms with Gasteiger partial charge in [-0.05, 0) is 25.0 Å². The first-order chi connectivity index (χ1) is 12.4. The average molecular weight is 415 g/mol. The van der Waals surface area contributed by atoms with Gasteiger partial charge in [0.05, 0.1) is 22.2 Å². The van der Waals surface area contributed by atoms with Gasteiger partial charge in [0, 0.05) is 17.0 Å². The van der Waals surface area contributed by atoms with Crippen molar-refractivity contribution >= 4 is 46.4 Å². The fourth-order valence-corrected chi connectivity index (χ4v) is 3.89. The SMILES string of the molecule is CCC(CC)NC(=O)COC(=O)Cc1csc(-c2c(Cl)cccc2Cl)n1. The molecule has 0 fully saturated rings. The maximum Gasteiger partial charge on any atom is 0.312 e. The summed E-state index contributed by atoms with van der Waals surface area (Å²) in [5.41, 5.74) is 1.19. The lowest BCUT2D eigenvalue weighted by atomic mass is 10.2. The van der Waals surface area contributed by atoms with Gasteiger partial charge in [0.15, 0.2) is 6.61 Å². The summed E-state index contributed by atoms with van der Waals surface area (Å²) in [6, 6.07) is 5.32. The van der Waals surface area contributed by atoms with E-state index >= 15 is 0 Å². The predicted molar refractivity (Wildman–Crippen MR) is 105 cm³/mol. The lowest BCUT2D eigenvalue weighted by Gasteiger charge is -2.14. The minimum atomic E-state index is -0.508. The summed E-state index contributed by atoms with van der Waals surface area (Å²) in [5.74, 6) is -0.805. The smallest absolute Gasteiger partial charge is 0.312 e. The first-order valence-corrected chi connectivity index (χ1v) is 9.91. The molecule has 1 aromatic carbocycles. The number of thiazole rings is 1. The van der Waals surface area contributed by atoms with Gasteiger partial charge in [0.1, 0.15) is 5.01 Å².